The van der Waals surface area contributed by atoms with Crippen molar-refractivity contribution in [2.75, 3.05) is 0 Å². The fraction of sp³-hybridized carbons (Fsp3) is 0. The van der Waals surface area contributed by atoms with Gasteiger partial charge in [0.2, 0.25) is 0 Å². The summed E-state index contributed by atoms with van der Waals surface area (Å²) in [5.41, 5.74) is 0. The van der Waals surface area contributed by atoms with Gasteiger partial charge in [-0.15, -0.1) is 0 Å². The first-order chi connectivity index (χ1) is 2.00. The Morgan fingerprint density at radius 3 is 1.00 bits per heavy atom. The molecule has 0 aliphatic rings. The minimum atomic E-state index is 0. The first-order valence-electron chi connectivity index (χ1n) is 0.516. The molecular formula is C2H3CuN2Na. The molecule has 6 heavy (non-hydrogen) atoms. The summed E-state index contributed by atoms with van der Waals surface area (Å²) < 4.78 is 0. The van der Waals surface area contributed by atoms with Crippen molar-refractivity contribution in [2.24, 2.45) is 0 Å². The van der Waals surface area contributed by atoms with Crippen LogP contribution in [0.1, 0.15) is 1.43 Å². The van der Waals surface area contributed by atoms with Crippen LogP contribution in [0.25, 0.3) is 0 Å². The molecular weight excluding hydrogens is 139 g/mol. The Morgan fingerprint density at radius 1 is 1.00 bits per heavy atom. The first-order valence-corrected chi connectivity index (χ1v) is 0.516. The van der Waals surface area contributed by atoms with Crippen LogP contribution in [0.3, 0.4) is 0 Å². The molecule has 0 aromatic rings. The summed E-state index contributed by atoms with van der Waals surface area (Å²) in [5, 5.41) is 13.0. The van der Waals surface area contributed by atoms with E-state index in [1.54, 1.807) is 0 Å². The van der Waals surface area contributed by atoms with E-state index >= 15 is 0 Å². The van der Waals surface area contributed by atoms with E-state index in [4.69, 9.17) is 10.5 Å². The third-order valence-corrected chi connectivity index (χ3v) is 0. The predicted octanol–water partition coefficient (Wildman–Crippen LogP) is -2.61. The third-order valence-electron chi connectivity index (χ3n) is 0. The fourth-order valence-electron chi connectivity index (χ4n) is 0. The summed E-state index contributed by atoms with van der Waals surface area (Å²) in [6.07, 6.45) is 0. The molecule has 0 unspecified atom stereocenters. The van der Waals surface area contributed by atoms with Crippen LogP contribution in [0.2, 0.25) is 0 Å². The molecule has 0 aliphatic heterocycles. The normalized spacial score (nSPS) is 0.667. The van der Waals surface area contributed by atoms with Crippen LogP contribution in [0.4, 0.5) is 0 Å². The van der Waals surface area contributed by atoms with Crippen LogP contribution >= 0.6 is 0 Å². The van der Waals surface area contributed by atoms with Crippen molar-refractivity contribution in [3.8, 4) is 13.1 Å². The van der Waals surface area contributed by atoms with Gasteiger partial charge in [-0.3, -0.25) is 0 Å². The maximum absolute atomic E-state index is 6.50. The van der Waals surface area contributed by atoms with Crippen molar-refractivity contribution in [3.05, 3.63) is 0 Å². The minimum Gasteiger partial charge on any atom is -1.00 e. The Balaban J connectivity index is -0.00000000267. The quantitative estimate of drug-likeness (QED) is 0.347. The van der Waals surface area contributed by atoms with Crippen LogP contribution in [0.15, 0.2) is 0 Å². The molecule has 0 rings (SSSR count). The topological polar surface area (TPSA) is 47.6 Å². The van der Waals surface area contributed by atoms with Gasteiger partial charge >= 0.3 is 29.6 Å². The van der Waals surface area contributed by atoms with Gasteiger partial charge < -0.3 is 1.43 Å². The number of hydrogen-bond donors (Lipinski definition) is 0. The van der Waals surface area contributed by atoms with Gasteiger partial charge in [0.25, 0.3) is 0 Å². The smallest absolute Gasteiger partial charge is 1.00 e. The van der Waals surface area contributed by atoms with Gasteiger partial charge in [-0.1, -0.05) is 0 Å². The van der Waals surface area contributed by atoms with Crippen molar-refractivity contribution < 1.29 is 48.1 Å². The molecule has 0 bridgehead atoms. The Hall–Kier alpha value is 0.499. The zero-order chi connectivity index (χ0) is 4.00. The largest absolute Gasteiger partial charge is 1.00 e. The molecule has 2 nitrogen and oxygen atoms in total. The SMILES string of the molecule is C#N.C#N.[Cu].[H-].[Na+]. The molecule has 0 N–H and O–H groups in total. The summed E-state index contributed by atoms with van der Waals surface area (Å²) in [6.45, 7) is 7.00. The maximum Gasteiger partial charge on any atom is 1.00 e. The van der Waals surface area contributed by atoms with E-state index in [1.807, 2.05) is 0 Å². The van der Waals surface area contributed by atoms with Crippen LogP contribution in [0, 0.1) is 23.7 Å². The van der Waals surface area contributed by atoms with Gasteiger partial charge in [0, 0.05) is 30.2 Å². The molecule has 0 aromatic heterocycles. The van der Waals surface area contributed by atoms with Crippen molar-refractivity contribution in [1.29, 1.82) is 10.5 Å². The number of rotatable bonds is 0. The van der Waals surface area contributed by atoms with Gasteiger partial charge in [0.15, 0.2) is 0 Å². The zero-order valence-corrected chi connectivity index (χ0v) is 6.29. The second kappa shape index (κ2) is 446. The molecule has 1 radical (unpaired) electrons. The van der Waals surface area contributed by atoms with Crippen LogP contribution < -0.4 is 29.6 Å². The maximum atomic E-state index is 6.50. The monoisotopic (exact) mass is 141 g/mol. The average molecular weight is 142 g/mol. The van der Waals surface area contributed by atoms with Gasteiger partial charge in [-0.2, -0.15) is 0 Å². The number of nitrogens with zero attached hydrogens (tertiary/aromatic N) is 2. The molecule has 0 fully saturated rings. The summed E-state index contributed by atoms with van der Waals surface area (Å²) in [7, 11) is 0. The molecule has 4 heteroatoms. The molecule has 0 heterocycles. The van der Waals surface area contributed by atoms with Crippen LogP contribution in [-0.2, 0) is 17.1 Å². The van der Waals surface area contributed by atoms with Crippen LogP contribution in [0.5, 0.6) is 0 Å². The molecule has 0 spiro atoms. The number of nitriles is 2. The van der Waals surface area contributed by atoms with Crippen LogP contribution in [-0.4, -0.2) is 0 Å². The number of hydrogen-bond acceptors (Lipinski definition) is 2. The fourth-order valence-corrected chi connectivity index (χ4v) is 0. The molecule has 0 aromatic carbocycles. The van der Waals surface area contributed by atoms with Gasteiger partial charge in [0.1, 0.15) is 0 Å². The van der Waals surface area contributed by atoms with E-state index in [9.17, 15) is 0 Å². The minimum absolute atomic E-state index is 0. The van der Waals surface area contributed by atoms with E-state index in [1.165, 1.54) is 0 Å². The van der Waals surface area contributed by atoms with Crippen molar-refractivity contribution in [1.82, 2.24) is 0 Å². The van der Waals surface area contributed by atoms with E-state index in [0.29, 0.717) is 0 Å². The van der Waals surface area contributed by atoms with E-state index in [0.717, 1.165) is 0 Å². The molecule has 33 valence electrons. The second-order valence-electron chi connectivity index (χ2n) is 0. The average Bonchev–Trinajstić information content (AvgIpc) is 1.50. The standard InChI is InChI=1S/2CHN.Cu.Na.H/c2*1-2;;;/h2*1H;;;/q;;;+1;-1. The summed E-state index contributed by atoms with van der Waals surface area (Å²) in [6, 6.07) is 0. The molecule has 0 saturated heterocycles. The predicted molar refractivity (Wildman–Crippen MR) is 14.5 cm³/mol. The summed E-state index contributed by atoms with van der Waals surface area (Å²) in [4.78, 5) is 0. The molecule has 0 aliphatic carbocycles. The van der Waals surface area contributed by atoms with E-state index < -0.39 is 0 Å². The first kappa shape index (κ1) is 31.5. The molecule has 0 atom stereocenters. The Kier molecular flexibility index (Phi) is 2340. The Bertz CT molecular complexity index is 31.2. The van der Waals surface area contributed by atoms with Crippen molar-refractivity contribution in [3.63, 3.8) is 0 Å². The van der Waals surface area contributed by atoms with Gasteiger partial charge in [0.05, 0.1) is 0 Å². The van der Waals surface area contributed by atoms with Crippen molar-refractivity contribution in [2.45, 2.75) is 0 Å². The molecule has 0 amide bonds. The molecule has 0 saturated carbocycles. The summed E-state index contributed by atoms with van der Waals surface area (Å²) in [5.74, 6) is 0. The van der Waals surface area contributed by atoms with E-state index in [-0.39, 0.29) is 48.1 Å². The third kappa shape index (κ3) is 221. The van der Waals surface area contributed by atoms with Gasteiger partial charge in [-0.25, -0.2) is 10.5 Å². The van der Waals surface area contributed by atoms with Gasteiger partial charge in [-0.05, 0) is 0 Å². The second-order valence-corrected chi connectivity index (χ2v) is 0. The Morgan fingerprint density at radius 2 is 1.00 bits per heavy atom. The van der Waals surface area contributed by atoms with Crippen molar-refractivity contribution >= 4 is 0 Å². The zero-order valence-electron chi connectivity index (χ0n) is 4.35. The van der Waals surface area contributed by atoms with E-state index in [2.05, 4.69) is 13.1 Å². The summed E-state index contributed by atoms with van der Waals surface area (Å²) >= 11 is 0. The Labute approximate surface area is 71.4 Å².